The highest BCUT2D eigenvalue weighted by Gasteiger charge is 2.30. The molecular formula is C21H25NO4S. The van der Waals surface area contributed by atoms with Crippen LogP contribution in [0.1, 0.15) is 57.8 Å². The van der Waals surface area contributed by atoms with Gasteiger partial charge in [-0.25, -0.2) is 4.79 Å². The number of carbonyl (C=O) groups excluding carboxylic acids is 2. The zero-order valence-corrected chi connectivity index (χ0v) is 16.8. The van der Waals surface area contributed by atoms with Crippen molar-refractivity contribution in [3.8, 4) is 5.75 Å². The SMILES string of the molecule is CCOC(=O)c1c(NC(=O)c2cccc(OC)c2)sc2c1CC[C@@H](CC)C2. The number of ether oxygens (including phenoxy) is 2. The molecule has 3 rings (SSSR count). The maximum Gasteiger partial charge on any atom is 0.341 e. The standard InChI is InChI=1S/C21H25NO4S/c1-4-13-9-10-16-17(11-13)27-20(18(16)21(24)26-5-2)22-19(23)14-7-6-8-15(12-14)25-3/h6-8,12-13H,4-5,9-11H2,1-3H3,(H,22,23)/t13-/m1/s1. The zero-order chi connectivity index (χ0) is 19.4. The first-order valence-electron chi connectivity index (χ1n) is 9.34. The maximum atomic E-state index is 12.7. The summed E-state index contributed by atoms with van der Waals surface area (Å²) in [5.74, 6) is 0.633. The zero-order valence-electron chi connectivity index (χ0n) is 16.0. The summed E-state index contributed by atoms with van der Waals surface area (Å²) in [6.07, 6.45) is 4.00. The van der Waals surface area contributed by atoms with Crippen LogP contribution in [-0.4, -0.2) is 25.6 Å². The smallest absolute Gasteiger partial charge is 0.341 e. The number of methoxy groups -OCH3 is 1. The van der Waals surface area contributed by atoms with Crippen LogP contribution in [0.2, 0.25) is 0 Å². The number of carbonyl (C=O) groups is 2. The molecule has 5 nitrogen and oxygen atoms in total. The van der Waals surface area contributed by atoms with E-state index in [1.165, 1.54) is 16.2 Å². The second-order valence-corrected chi connectivity index (χ2v) is 7.74. The van der Waals surface area contributed by atoms with E-state index in [2.05, 4.69) is 12.2 Å². The minimum absolute atomic E-state index is 0.259. The molecule has 0 bridgehead atoms. The maximum absolute atomic E-state index is 12.7. The van der Waals surface area contributed by atoms with E-state index in [0.717, 1.165) is 31.2 Å². The van der Waals surface area contributed by atoms with Crippen molar-refractivity contribution in [2.45, 2.75) is 39.5 Å². The lowest BCUT2D eigenvalue weighted by Gasteiger charge is -2.20. The molecule has 1 amide bonds. The van der Waals surface area contributed by atoms with Gasteiger partial charge in [-0.05, 0) is 55.9 Å². The molecule has 27 heavy (non-hydrogen) atoms. The van der Waals surface area contributed by atoms with Gasteiger partial charge in [0.25, 0.3) is 5.91 Å². The number of hydrogen-bond donors (Lipinski definition) is 1. The van der Waals surface area contributed by atoms with Crippen LogP contribution >= 0.6 is 11.3 Å². The van der Waals surface area contributed by atoms with E-state index in [4.69, 9.17) is 9.47 Å². The number of hydrogen-bond acceptors (Lipinski definition) is 5. The van der Waals surface area contributed by atoms with Crippen molar-refractivity contribution in [1.29, 1.82) is 0 Å². The normalized spacial score (nSPS) is 15.7. The van der Waals surface area contributed by atoms with Crippen LogP contribution in [0.5, 0.6) is 5.75 Å². The average molecular weight is 388 g/mol. The first kappa shape index (κ1) is 19.4. The Bertz CT molecular complexity index is 843. The fourth-order valence-corrected chi connectivity index (χ4v) is 4.79. The van der Waals surface area contributed by atoms with Crippen LogP contribution in [0.4, 0.5) is 5.00 Å². The molecule has 1 atom stereocenters. The summed E-state index contributed by atoms with van der Waals surface area (Å²) in [6.45, 7) is 4.30. The molecule has 144 valence electrons. The largest absolute Gasteiger partial charge is 0.497 e. The molecule has 2 aromatic rings. The second-order valence-electron chi connectivity index (χ2n) is 6.63. The minimum atomic E-state index is -0.356. The van der Waals surface area contributed by atoms with Crippen molar-refractivity contribution < 1.29 is 19.1 Å². The third kappa shape index (κ3) is 4.16. The van der Waals surface area contributed by atoms with Gasteiger partial charge in [-0.3, -0.25) is 4.79 Å². The molecule has 0 radical (unpaired) electrons. The van der Waals surface area contributed by atoms with Crippen molar-refractivity contribution >= 4 is 28.2 Å². The molecule has 0 unspecified atom stereocenters. The Morgan fingerprint density at radius 3 is 2.81 bits per heavy atom. The fraction of sp³-hybridized carbons (Fsp3) is 0.429. The summed E-state index contributed by atoms with van der Waals surface area (Å²) < 4.78 is 10.5. The monoisotopic (exact) mass is 387 g/mol. The third-order valence-corrected chi connectivity index (χ3v) is 6.15. The van der Waals surface area contributed by atoms with Gasteiger partial charge < -0.3 is 14.8 Å². The Labute approximate surface area is 163 Å². The van der Waals surface area contributed by atoms with Gasteiger partial charge in [-0.1, -0.05) is 19.4 Å². The Balaban J connectivity index is 1.92. The highest BCUT2D eigenvalue weighted by atomic mass is 32.1. The molecule has 1 aliphatic carbocycles. The molecule has 0 spiro atoms. The molecule has 0 aliphatic heterocycles. The van der Waals surface area contributed by atoms with E-state index in [1.807, 2.05) is 0 Å². The van der Waals surface area contributed by atoms with Gasteiger partial charge in [0, 0.05) is 10.4 Å². The molecule has 1 aliphatic rings. The van der Waals surface area contributed by atoms with E-state index >= 15 is 0 Å². The number of thiophene rings is 1. The molecule has 1 heterocycles. The van der Waals surface area contributed by atoms with Gasteiger partial charge in [0.1, 0.15) is 10.8 Å². The highest BCUT2D eigenvalue weighted by molar-refractivity contribution is 7.17. The molecule has 1 aromatic carbocycles. The van der Waals surface area contributed by atoms with Crippen LogP contribution in [-0.2, 0) is 17.6 Å². The van der Waals surface area contributed by atoms with Gasteiger partial charge in [-0.15, -0.1) is 11.3 Å². The number of anilines is 1. The molecule has 0 saturated heterocycles. The average Bonchev–Trinajstić information content (AvgIpc) is 3.04. The Kier molecular flexibility index (Phi) is 6.16. The Hall–Kier alpha value is -2.34. The quantitative estimate of drug-likeness (QED) is 0.730. The summed E-state index contributed by atoms with van der Waals surface area (Å²) in [6, 6.07) is 6.96. The number of amides is 1. The van der Waals surface area contributed by atoms with Gasteiger partial charge in [0.15, 0.2) is 0 Å². The summed E-state index contributed by atoms with van der Waals surface area (Å²) in [5.41, 5.74) is 2.06. The lowest BCUT2D eigenvalue weighted by molar-refractivity contribution is 0.0526. The van der Waals surface area contributed by atoms with Gasteiger partial charge in [-0.2, -0.15) is 0 Å². The third-order valence-electron chi connectivity index (χ3n) is 4.98. The van der Waals surface area contributed by atoms with Crippen LogP contribution < -0.4 is 10.1 Å². The lowest BCUT2D eigenvalue weighted by Crippen LogP contribution is -2.17. The van der Waals surface area contributed by atoms with Crippen LogP contribution in [0.25, 0.3) is 0 Å². The summed E-state index contributed by atoms with van der Waals surface area (Å²) in [7, 11) is 1.56. The second kappa shape index (κ2) is 8.57. The minimum Gasteiger partial charge on any atom is -0.497 e. The fourth-order valence-electron chi connectivity index (χ4n) is 3.45. The van der Waals surface area contributed by atoms with Gasteiger partial charge in [0.2, 0.25) is 0 Å². The van der Waals surface area contributed by atoms with Crippen molar-refractivity contribution in [2.75, 3.05) is 19.0 Å². The summed E-state index contributed by atoms with van der Waals surface area (Å²) in [4.78, 5) is 26.5. The van der Waals surface area contributed by atoms with Crippen molar-refractivity contribution in [3.63, 3.8) is 0 Å². The number of nitrogens with one attached hydrogen (secondary N) is 1. The Morgan fingerprint density at radius 2 is 2.11 bits per heavy atom. The van der Waals surface area contributed by atoms with Crippen LogP contribution in [0.3, 0.4) is 0 Å². The highest BCUT2D eigenvalue weighted by Crippen LogP contribution is 2.41. The molecule has 1 aromatic heterocycles. The first-order chi connectivity index (χ1) is 13.1. The predicted molar refractivity (Wildman–Crippen MR) is 107 cm³/mol. The van der Waals surface area contributed by atoms with Crippen molar-refractivity contribution in [1.82, 2.24) is 0 Å². The summed E-state index contributed by atoms with van der Waals surface area (Å²) >= 11 is 1.50. The van der Waals surface area contributed by atoms with Crippen molar-refractivity contribution in [3.05, 3.63) is 45.8 Å². The Morgan fingerprint density at radius 1 is 1.30 bits per heavy atom. The summed E-state index contributed by atoms with van der Waals surface area (Å²) in [5, 5.41) is 3.52. The molecular weight excluding hydrogens is 362 g/mol. The van der Waals surface area contributed by atoms with E-state index in [0.29, 0.717) is 34.4 Å². The molecule has 6 heteroatoms. The van der Waals surface area contributed by atoms with Gasteiger partial charge in [0.05, 0.1) is 19.3 Å². The van der Waals surface area contributed by atoms with Crippen molar-refractivity contribution in [2.24, 2.45) is 5.92 Å². The van der Waals surface area contributed by atoms with E-state index in [-0.39, 0.29) is 11.9 Å². The van der Waals surface area contributed by atoms with E-state index in [9.17, 15) is 9.59 Å². The predicted octanol–water partition coefficient (Wildman–Crippen LogP) is 4.70. The van der Waals surface area contributed by atoms with Crippen LogP contribution in [0.15, 0.2) is 24.3 Å². The topological polar surface area (TPSA) is 64.6 Å². The lowest BCUT2D eigenvalue weighted by atomic mass is 9.85. The van der Waals surface area contributed by atoms with Crippen LogP contribution in [0, 0.1) is 5.92 Å². The number of esters is 1. The van der Waals surface area contributed by atoms with E-state index in [1.54, 1.807) is 38.3 Å². The first-order valence-corrected chi connectivity index (χ1v) is 10.2. The number of benzene rings is 1. The van der Waals surface area contributed by atoms with Gasteiger partial charge >= 0.3 is 5.97 Å². The van der Waals surface area contributed by atoms with E-state index < -0.39 is 0 Å². The molecule has 0 fully saturated rings. The molecule has 0 saturated carbocycles. The molecule has 1 N–H and O–H groups in total. The number of fused-ring (bicyclic) bond motifs is 1. The number of rotatable bonds is 6.